The summed E-state index contributed by atoms with van der Waals surface area (Å²) in [4.78, 5) is 3.39. The molecule has 1 heterocycles. The highest BCUT2D eigenvalue weighted by Gasteiger charge is 2.38. The first-order valence-corrected chi connectivity index (χ1v) is 7.07. The van der Waals surface area contributed by atoms with Crippen molar-refractivity contribution >= 4 is 11.6 Å². The van der Waals surface area contributed by atoms with Gasteiger partial charge in [0.2, 0.25) is 0 Å². The summed E-state index contributed by atoms with van der Waals surface area (Å²) in [5, 5.41) is 10.4. The summed E-state index contributed by atoms with van der Waals surface area (Å²) in [5.41, 5.74) is -2.00. The SMILES string of the molecule is CC(O)(c1ccc(C(F)(F)F)nc1Cl)C1CCCCC1. The first kappa shape index (κ1) is 15.6. The van der Waals surface area contributed by atoms with Gasteiger partial charge >= 0.3 is 6.18 Å². The molecule has 1 fully saturated rings. The van der Waals surface area contributed by atoms with Gasteiger partial charge in [-0.1, -0.05) is 36.9 Å². The number of pyridine rings is 1. The quantitative estimate of drug-likeness (QED) is 0.814. The van der Waals surface area contributed by atoms with Crippen molar-refractivity contribution < 1.29 is 18.3 Å². The van der Waals surface area contributed by atoms with Gasteiger partial charge in [-0.15, -0.1) is 0 Å². The molecule has 2 nitrogen and oxygen atoms in total. The third-order valence-corrected chi connectivity index (χ3v) is 4.37. The number of rotatable bonds is 2. The molecule has 1 N–H and O–H groups in total. The topological polar surface area (TPSA) is 33.1 Å². The lowest BCUT2D eigenvalue weighted by Gasteiger charge is -2.36. The zero-order valence-electron chi connectivity index (χ0n) is 11.2. The van der Waals surface area contributed by atoms with Crippen LogP contribution in [0, 0.1) is 5.92 Å². The van der Waals surface area contributed by atoms with Gasteiger partial charge in [-0.25, -0.2) is 4.98 Å². The first-order valence-electron chi connectivity index (χ1n) is 6.69. The Balaban J connectivity index is 2.32. The molecule has 0 aromatic carbocycles. The van der Waals surface area contributed by atoms with E-state index in [9.17, 15) is 18.3 Å². The maximum Gasteiger partial charge on any atom is 0.433 e. The first-order chi connectivity index (χ1) is 9.23. The highest BCUT2D eigenvalue weighted by atomic mass is 35.5. The van der Waals surface area contributed by atoms with Gasteiger partial charge in [0.1, 0.15) is 10.8 Å². The number of alkyl halides is 3. The van der Waals surface area contributed by atoms with Crippen LogP contribution in [0.15, 0.2) is 12.1 Å². The molecule has 0 spiro atoms. The van der Waals surface area contributed by atoms with Crippen molar-refractivity contribution in [3.8, 4) is 0 Å². The van der Waals surface area contributed by atoms with Gasteiger partial charge in [-0.3, -0.25) is 0 Å². The molecule has 1 saturated carbocycles. The predicted molar refractivity (Wildman–Crippen MR) is 70.4 cm³/mol. The summed E-state index contributed by atoms with van der Waals surface area (Å²) in [6, 6.07) is 2.12. The molecule has 1 aliphatic rings. The van der Waals surface area contributed by atoms with Gasteiger partial charge in [0.15, 0.2) is 0 Å². The van der Waals surface area contributed by atoms with Crippen LogP contribution in [0.25, 0.3) is 0 Å². The molecule has 0 radical (unpaired) electrons. The highest BCUT2D eigenvalue weighted by molar-refractivity contribution is 6.30. The molecule has 1 aromatic heterocycles. The molecule has 0 amide bonds. The summed E-state index contributed by atoms with van der Waals surface area (Å²) in [5.74, 6) is 0.00675. The van der Waals surface area contributed by atoms with Crippen molar-refractivity contribution in [3.05, 3.63) is 28.5 Å². The second kappa shape index (κ2) is 5.53. The van der Waals surface area contributed by atoms with Gasteiger partial charge < -0.3 is 5.11 Å². The van der Waals surface area contributed by atoms with Gasteiger partial charge in [0.05, 0.1) is 5.60 Å². The second-order valence-corrected chi connectivity index (χ2v) is 5.87. The molecule has 0 bridgehead atoms. The molecule has 0 aliphatic heterocycles. The fourth-order valence-electron chi connectivity index (χ4n) is 2.85. The monoisotopic (exact) mass is 307 g/mol. The molecular weight excluding hydrogens is 291 g/mol. The van der Waals surface area contributed by atoms with Crippen molar-refractivity contribution in [2.24, 2.45) is 5.92 Å². The Morgan fingerprint density at radius 3 is 2.30 bits per heavy atom. The Bertz CT molecular complexity index is 482. The molecule has 1 atom stereocenters. The van der Waals surface area contributed by atoms with Crippen LogP contribution in [0.3, 0.4) is 0 Å². The van der Waals surface area contributed by atoms with Gasteiger partial charge in [-0.05, 0) is 31.7 Å². The third-order valence-electron chi connectivity index (χ3n) is 4.08. The van der Waals surface area contributed by atoms with E-state index in [0.717, 1.165) is 38.2 Å². The number of nitrogens with zero attached hydrogens (tertiary/aromatic N) is 1. The second-order valence-electron chi connectivity index (χ2n) is 5.52. The molecular formula is C14H17ClF3NO. The molecule has 1 aliphatic carbocycles. The van der Waals surface area contributed by atoms with Crippen molar-refractivity contribution in [1.29, 1.82) is 0 Å². The van der Waals surface area contributed by atoms with E-state index < -0.39 is 17.5 Å². The van der Waals surface area contributed by atoms with Gasteiger partial charge in [0, 0.05) is 5.56 Å². The van der Waals surface area contributed by atoms with Crippen LogP contribution in [-0.4, -0.2) is 10.1 Å². The van der Waals surface area contributed by atoms with Crippen molar-refractivity contribution in [3.63, 3.8) is 0 Å². The van der Waals surface area contributed by atoms with E-state index in [1.165, 1.54) is 6.07 Å². The van der Waals surface area contributed by atoms with Crippen LogP contribution >= 0.6 is 11.6 Å². The minimum absolute atomic E-state index is 0.00675. The molecule has 20 heavy (non-hydrogen) atoms. The van der Waals surface area contributed by atoms with Crippen LogP contribution in [0.2, 0.25) is 5.15 Å². The number of aliphatic hydroxyl groups is 1. The number of hydrogen-bond donors (Lipinski definition) is 1. The van der Waals surface area contributed by atoms with Crippen LogP contribution < -0.4 is 0 Å². The molecule has 1 aromatic rings. The molecule has 0 saturated heterocycles. The van der Waals surface area contributed by atoms with Crippen molar-refractivity contribution in [1.82, 2.24) is 4.98 Å². The number of aromatic nitrogens is 1. The van der Waals surface area contributed by atoms with E-state index in [4.69, 9.17) is 11.6 Å². The summed E-state index contributed by atoms with van der Waals surface area (Å²) >= 11 is 5.87. The smallest absolute Gasteiger partial charge is 0.385 e. The third kappa shape index (κ3) is 3.09. The fraction of sp³-hybridized carbons (Fsp3) is 0.643. The minimum Gasteiger partial charge on any atom is -0.385 e. The molecule has 6 heteroatoms. The Kier molecular flexibility index (Phi) is 4.30. The zero-order valence-corrected chi connectivity index (χ0v) is 11.9. The maximum atomic E-state index is 12.6. The van der Waals surface area contributed by atoms with Crippen LogP contribution in [0.4, 0.5) is 13.2 Å². The van der Waals surface area contributed by atoms with E-state index in [1.54, 1.807) is 6.92 Å². The lowest BCUT2D eigenvalue weighted by atomic mass is 9.75. The Hall–Kier alpha value is -0.810. The van der Waals surface area contributed by atoms with Crippen LogP contribution in [0.1, 0.15) is 50.3 Å². The predicted octanol–water partition coefficient (Wildman–Crippen LogP) is 4.54. The van der Waals surface area contributed by atoms with E-state index >= 15 is 0 Å². The standard InChI is InChI=1S/C14H17ClF3NO/c1-13(20,9-5-3-2-4-6-9)10-7-8-11(14(16,17)18)19-12(10)15/h7-9,20H,2-6H2,1H3. The van der Waals surface area contributed by atoms with Crippen LogP contribution in [-0.2, 0) is 11.8 Å². The summed E-state index contributed by atoms with van der Waals surface area (Å²) < 4.78 is 37.7. The van der Waals surface area contributed by atoms with E-state index in [0.29, 0.717) is 0 Å². The highest BCUT2D eigenvalue weighted by Crippen LogP contribution is 2.41. The van der Waals surface area contributed by atoms with Crippen LogP contribution in [0.5, 0.6) is 0 Å². The average molecular weight is 308 g/mol. The van der Waals surface area contributed by atoms with E-state index in [1.807, 2.05) is 0 Å². The molecule has 2 rings (SSSR count). The van der Waals surface area contributed by atoms with Gasteiger partial charge in [-0.2, -0.15) is 13.2 Å². The van der Waals surface area contributed by atoms with Crippen molar-refractivity contribution in [2.45, 2.75) is 50.8 Å². The van der Waals surface area contributed by atoms with E-state index in [2.05, 4.69) is 4.98 Å². The largest absolute Gasteiger partial charge is 0.433 e. The number of halogens is 4. The van der Waals surface area contributed by atoms with E-state index in [-0.39, 0.29) is 16.6 Å². The average Bonchev–Trinajstić information content (AvgIpc) is 2.38. The minimum atomic E-state index is -4.53. The zero-order chi connectivity index (χ0) is 15.0. The van der Waals surface area contributed by atoms with Gasteiger partial charge in [0.25, 0.3) is 0 Å². The summed E-state index contributed by atoms with van der Waals surface area (Å²) in [6.07, 6.45) is 0.345. The van der Waals surface area contributed by atoms with Crippen molar-refractivity contribution in [2.75, 3.05) is 0 Å². The fourth-order valence-corrected chi connectivity index (χ4v) is 3.20. The molecule has 112 valence electrons. The maximum absolute atomic E-state index is 12.6. The lowest BCUT2D eigenvalue weighted by molar-refractivity contribution is -0.141. The molecule has 1 unspecified atom stereocenters. The number of hydrogen-bond acceptors (Lipinski definition) is 2. The summed E-state index contributed by atoms with van der Waals surface area (Å²) in [7, 11) is 0. The Labute approximate surface area is 121 Å². The summed E-state index contributed by atoms with van der Waals surface area (Å²) in [6.45, 7) is 1.61. The Morgan fingerprint density at radius 1 is 1.20 bits per heavy atom. The lowest BCUT2D eigenvalue weighted by Crippen LogP contribution is -2.34. The Morgan fingerprint density at radius 2 is 1.80 bits per heavy atom. The normalized spacial score (nSPS) is 20.7.